The molecule has 0 amide bonds. The first-order valence-corrected chi connectivity index (χ1v) is 13.0. The summed E-state index contributed by atoms with van der Waals surface area (Å²) in [6.07, 6.45) is 0. The van der Waals surface area contributed by atoms with Crippen LogP contribution in [0.1, 0.15) is 0 Å². The molecular formula is C36H26N2. The van der Waals surface area contributed by atoms with Crippen LogP contribution in [0.25, 0.3) is 49.7 Å². The van der Waals surface area contributed by atoms with Crippen LogP contribution in [0.2, 0.25) is 0 Å². The number of hydrogen-bond donors (Lipinski definition) is 1. The average Bonchev–Trinajstić information content (AvgIpc) is 3.32. The highest BCUT2D eigenvalue weighted by molar-refractivity contribution is 6.11. The summed E-state index contributed by atoms with van der Waals surface area (Å²) in [5.74, 6) is 0. The van der Waals surface area contributed by atoms with Gasteiger partial charge in [0.15, 0.2) is 0 Å². The van der Waals surface area contributed by atoms with Crippen molar-refractivity contribution < 1.29 is 0 Å². The molecular weight excluding hydrogens is 460 g/mol. The first-order valence-electron chi connectivity index (χ1n) is 13.0. The summed E-state index contributed by atoms with van der Waals surface area (Å²) in [7, 11) is 0. The van der Waals surface area contributed by atoms with Gasteiger partial charge in [-0.1, -0.05) is 97.1 Å². The standard InChI is InChI=1S/C36H26N2/c1-4-11-26(12-5-1)28-19-21-35-33(23-28)34-24-29(27-13-6-2-7-14-27)20-22-36(34)38(35)32-18-10-17-31(25-32)37-30-15-8-3-9-16-30/h1-25,37H. The summed E-state index contributed by atoms with van der Waals surface area (Å²) in [6, 6.07) is 53.8. The zero-order valence-corrected chi connectivity index (χ0v) is 20.9. The van der Waals surface area contributed by atoms with E-state index in [0.29, 0.717) is 0 Å². The van der Waals surface area contributed by atoms with Gasteiger partial charge in [0, 0.05) is 27.8 Å². The minimum atomic E-state index is 1.06. The Morgan fingerprint density at radius 2 is 0.868 bits per heavy atom. The molecule has 7 aromatic rings. The van der Waals surface area contributed by atoms with E-state index in [1.165, 1.54) is 44.1 Å². The SMILES string of the molecule is c1ccc(Nc2cccc(-n3c4ccc(-c5ccccc5)cc4c4cc(-c5ccccc5)ccc43)c2)cc1. The third-order valence-corrected chi connectivity index (χ3v) is 7.15. The van der Waals surface area contributed by atoms with Gasteiger partial charge in [0.1, 0.15) is 0 Å². The monoisotopic (exact) mass is 486 g/mol. The van der Waals surface area contributed by atoms with E-state index >= 15 is 0 Å². The lowest BCUT2D eigenvalue weighted by molar-refractivity contribution is 1.18. The molecule has 0 saturated carbocycles. The van der Waals surface area contributed by atoms with Crippen molar-refractivity contribution in [1.29, 1.82) is 0 Å². The number of nitrogens with zero attached hydrogens (tertiary/aromatic N) is 1. The van der Waals surface area contributed by atoms with E-state index in [0.717, 1.165) is 17.1 Å². The van der Waals surface area contributed by atoms with Crippen molar-refractivity contribution in [3.63, 3.8) is 0 Å². The molecule has 0 saturated heterocycles. The third-order valence-electron chi connectivity index (χ3n) is 7.15. The molecule has 1 N–H and O–H groups in total. The van der Waals surface area contributed by atoms with Gasteiger partial charge in [-0.3, -0.25) is 0 Å². The summed E-state index contributed by atoms with van der Waals surface area (Å²) < 4.78 is 2.38. The smallest absolute Gasteiger partial charge is 0.0541 e. The van der Waals surface area contributed by atoms with Crippen molar-refractivity contribution in [2.24, 2.45) is 0 Å². The molecule has 0 fully saturated rings. The molecule has 1 aromatic heterocycles. The number of nitrogens with one attached hydrogen (secondary N) is 1. The van der Waals surface area contributed by atoms with Crippen LogP contribution in [0.15, 0.2) is 152 Å². The highest BCUT2D eigenvalue weighted by atomic mass is 15.0. The molecule has 0 radical (unpaired) electrons. The molecule has 0 aliphatic heterocycles. The first kappa shape index (κ1) is 22.1. The number of para-hydroxylation sites is 1. The summed E-state index contributed by atoms with van der Waals surface area (Å²) in [4.78, 5) is 0. The van der Waals surface area contributed by atoms with E-state index in [9.17, 15) is 0 Å². The Kier molecular flexibility index (Phi) is 5.49. The van der Waals surface area contributed by atoms with Gasteiger partial charge in [0.25, 0.3) is 0 Å². The lowest BCUT2D eigenvalue weighted by Gasteiger charge is -2.12. The largest absolute Gasteiger partial charge is 0.355 e. The number of rotatable bonds is 5. The molecule has 180 valence electrons. The molecule has 0 atom stereocenters. The second-order valence-corrected chi connectivity index (χ2v) is 9.57. The van der Waals surface area contributed by atoms with Crippen LogP contribution in [-0.4, -0.2) is 4.57 Å². The number of hydrogen-bond acceptors (Lipinski definition) is 1. The summed E-state index contributed by atoms with van der Waals surface area (Å²) >= 11 is 0. The van der Waals surface area contributed by atoms with Crippen molar-refractivity contribution in [3.05, 3.63) is 152 Å². The Balaban J connectivity index is 1.44. The highest BCUT2D eigenvalue weighted by Gasteiger charge is 2.15. The normalized spacial score (nSPS) is 11.2. The number of benzene rings is 6. The van der Waals surface area contributed by atoms with Crippen molar-refractivity contribution in [2.45, 2.75) is 0 Å². The minimum absolute atomic E-state index is 1.06. The molecule has 0 bridgehead atoms. The van der Waals surface area contributed by atoms with E-state index < -0.39 is 0 Å². The molecule has 38 heavy (non-hydrogen) atoms. The Morgan fingerprint density at radius 1 is 0.368 bits per heavy atom. The van der Waals surface area contributed by atoms with Crippen molar-refractivity contribution in [3.8, 4) is 27.9 Å². The maximum Gasteiger partial charge on any atom is 0.0541 e. The molecule has 2 heteroatoms. The zero-order valence-electron chi connectivity index (χ0n) is 20.9. The average molecular weight is 487 g/mol. The molecule has 0 aliphatic rings. The quantitative estimate of drug-likeness (QED) is 0.256. The molecule has 1 heterocycles. The van der Waals surface area contributed by atoms with Gasteiger partial charge in [-0.15, -0.1) is 0 Å². The lowest BCUT2D eigenvalue weighted by Crippen LogP contribution is -1.96. The second-order valence-electron chi connectivity index (χ2n) is 9.57. The van der Waals surface area contributed by atoms with Gasteiger partial charge in [0.05, 0.1) is 11.0 Å². The van der Waals surface area contributed by atoms with Crippen LogP contribution in [0, 0.1) is 0 Å². The fraction of sp³-hybridized carbons (Fsp3) is 0. The Morgan fingerprint density at radius 3 is 1.42 bits per heavy atom. The maximum atomic E-state index is 3.55. The predicted molar refractivity (Wildman–Crippen MR) is 161 cm³/mol. The molecule has 6 aromatic carbocycles. The molecule has 2 nitrogen and oxygen atoms in total. The zero-order chi connectivity index (χ0) is 25.3. The van der Waals surface area contributed by atoms with Crippen LogP contribution in [0.5, 0.6) is 0 Å². The van der Waals surface area contributed by atoms with E-state index in [1.807, 2.05) is 18.2 Å². The van der Waals surface area contributed by atoms with Crippen molar-refractivity contribution in [2.75, 3.05) is 5.32 Å². The van der Waals surface area contributed by atoms with Crippen LogP contribution in [0.4, 0.5) is 11.4 Å². The fourth-order valence-electron chi connectivity index (χ4n) is 5.33. The van der Waals surface area contributed by atoms with Crippen LogP contribution in [0.3, 0.4) is 0 Å². The second kappa shape index (κ2) is 9.42. The summed E-state index contributed by atoms with van der Waals surface area (Å²) in [5, 5.41) is 6.05. The van der Waals surface area contributed by atoms with Crippen LogP contribution < -0.4 is 5.32 Å². The number of aromatic nitrogens is 1. The van der Waals surface area contributed by atoms with Gasteiger partial charge >= 0.3 is 0 Å². The minimum Gasteiger partial charge on any atom is -0.355 e. The molecule has 0 unspecified atom stereocenters. The highest BCUT2D eigenvalue weighted by Crippen LogP contribution is 2.37. The molecule has 0 spiro atoms. The van der Waals surface area contributed by atoms with E-state index in [1.54, 1.807) is 0 Å². The Labute approximate surface area is 222 Å². The number of fused-ring (bicyclic) bond motifs is 3. The van der Waals surface area contributed by atoms with Gasteiger partial charge < -0.3 is 9.88 Å². The molecule has 7 rings (SSSR count). The van der Waals surface area contributed by atoms with Crippen molar-refractivity contribution >= 4 is 33.2 Å². The van der Waals surface area contributed by atoms with Crippen LogP contribution in [-0.2, 0) is 0 Å². The topological polar surface area (TPSA) is 17.0 Å². The van der Waals surface area contributed by atoms with Gasteiger partial charge in [-0.05, 0) is 76.9 Å². The first-order chi connectivity index (χ1) is 18.8. The molecule has 0 aliphatic carbocycles. The number of anilines is 2. The van der Waals surface area contributed by atoms with Gasteiger partial charge in [0.2, 0.25) is 0 Å². The Bertz CT molecular complexity index is 1770. The van der Waals surface area contributed by atoms with Gasteiger partial charge in [-0.2, -0.15) is 0 Å². The predicted octanol–water partition coefficient (Wildman–Crippen LogP) is 9.86. The maximum absolute atomic E-state index is 3.55. The van der Waals surface area contributed by atoms with E-state index in [4.69, 9.17) is 0 Å². The van der Waals surface area contributed by atoms with Crippen molar-refractivity contribution in [1.82, 2.24) is 4.57 Å². The van der Waals surface area contributed by atoms with E-state index in [2.05, 4.69) is 143 Å². The Hall–Kier alpha value is -5.08. The third kappa shape index (κ3) is 4.03. The van der Waals surface area contributed by atoms with Crippen LogP contribution >= 0.6 is 0 Å². The summed E-state index contributed by atoms with van der Waals surface area (Å²) in [6.45, 7) is 0. The summed E-state index contributed by atoms with van der Waals surface area (Å²) in [5.41, 5.74) is 10.6. The van der Waals surface area contributed by atoms with Gasteiger partial charge in [-0.25, -0.2) is 0 Å². The van der Waals surface area contributed by atoms with E-state index in [-0.39, 0.29) is 0 Å². The fourth-order valence-corrected chi connectivity index (χ4v) is 5.33. The lowest BCUT2D eigenvalue weighted by atomic mass is 10.0.